The van der Waals surface area contributed by atoms with Crippen LogP contribution in [0.1, 0.15) is 51.7 Å². The van der Waals surface area contributed by atoms with E-state index >= 15 is 0 Å². The Morgan fingerprint density at radius 1 is 1.03 bits per heavy atom. The smallest absolute Gasteiger partial charge is 0.310 e. The number of carbonyl (C=O) groups is 1. The lowest BCUT2D eigenvalue weighted by molar-refractivity contribution is 0.194. The van der Waals surface area contributed by atoms with Crippen LogP contribution in [-0.2, 0) is 19.4 Å². The van der Waals surface area contributed by atoms with Crippen LogP contribution in [-0.4, -0.2) is 15.5 Å². The van der Waals surface area contributed by atoms with E-state index < -0.39 is 0 Å². The second-order valence-electron chi connectivity index (χ2n) is 9.18. The van der Waals surface area contributed by atoms with Gasteiger partial charge >= 0.3 is 6.03 Å². The van der Waals surface area contributed by atoms with Gasteiger partial charge in [0.1, 0.15) is 5.00 Å². The standard InChI is InChI=1S/C28H26ClN3OS/c1-18-6-4-7-19(16-18)26-24-9-5-15-31(24)27-23(22-8-2-3-10-25(22)34-27)17-32(26)28(33)30-21-13-11-20(29)12-14-21/h4-7,9,11-16,26H,2-3,8,10,17H2,1H3,(H,30,33)/t26-/m1/s1. The van der Waals surface area contributed by atoms with Crippen molar-refractivity contribution < 1.29 is 4.79 Å². The lowest BCUT2D eigenvalue weighted by Crippen LogP contribution is -2.38. The third kappa shape index (κ3) is 3.73. The maximum absolute atomic E-state index is 13.9. The maximum atomic E-state index is 13.9. The van der Waals surface area contributed by atoms with Crippen molar-refractivity contribution in [2.75, 3.05) is 5.32 Å². The third-order valence-corrected chi connectivity index (χ3v) is 8.48. The Morgan fingerprint density at radius 3 is 2.68 bits per heavy atom. The minimum Gasteiger partial charge on any atom is -0.310 e. The number of fused-ring (bicyclic) bond motifs is 5. The Kier molecular flexibility index (Phi) is 5.47. The zero-order chi connectivity index (χ0) is 23.2. The summed E-state index contributed by atoms with van der Waals surface area (Å²) in [6, 6.07) is 19.8. The SMILES string of the molecule is Cc1cccc([C@@H]2c3cccn3-c3sc4c(c3CN2C(=O)Nc2ccc(Cl)cc2)CCCC4)c1. The van der Waals surface area contributed by atoms with Crippen LogP contribution in [0.4, 0.5) is 10.5 Å². The molecule has 1 aliphatic heterocycles. The summed E-state index contributed by atoms with van der Waals surface area (Å²) in [5.41, 5.74) is 6.93. The van der Waals surface area contributed by atoms with Gasteiger partial charge in [-0.05, 0) is 80.1 Å². The molecule has 4 aromatic rings. The number of nitrogens with zero attached hydrogens (tertiary/aromatic N) is 2. The van der Waals surface area contributed by atoms with E-state index in [0.717, 1.165) is 29.8 Å². The van der Waals surface area contributed by atoms with Crippen molar-refractivity contribution in [1.82, 2.24) is 9.47 Å². The number of carbonyl (C=O) groups excluding carboxylic acids is 1. The minimum atomic E-state index is -0.193. The van der Waals surface area contributed by atoms with Crippen molar-refractivity contribution in [3.05, 3.63) is 105 Å². The number of nitrogens with one attached hydrogen (secondary N) is 1. The van der Waals surface area contributed by atoms with Gasteiger partial charge in [-0.1, -0.05) is 41.4 Å². The fourth-order valence-corrected chi connectivity index (χ4v) is 6.84. The highest BCUT2D eigenvalue weighted by Crippen LogP contribution is 2.44. The third-order valence-electron chi connectivity index (χ3n) is 6.89. The molecule has 1 N–H and O–H groups in total. The second kappa shape index (κ2) is 8.64. The topological polar surface area (TPSA) is 37.3 Å². The molecule has 0 unspecified atom stereocenters. The second-order valence-corrected chi connectivity index (χ2v) is 10.7. The number of thiophene rings is 1. The van der Waals surface area contributed by atoms with Crippen LogP contribution in [0.5, 0.6) is 0 Å². The molecule has 6 rings (SSSR count). The maximum Gasteiger partial charge on any atom is 0.322 e. The number of aromatic nitrogens is 1. The highest BCUT2D eigenvalue weighted by Gasteiger charge is 2.36. The highest BCUT2D eigenvalue weighted by atomic mass is 35.5. The van der Waals surface area contributed by atoms with Crippen LogP contribution >= 0.6 is 22.9 Å². The van der Waals surface area contributed by atoms with Crippen molar-refractivity contribution in [2.45, 2.75) is 45.2 Å². The summed E-state index contributed by atoms with van der Waals surface area (Å²) in [5, 5.41) is 5.05. The number of hydrogen-bond donors (Lipinski definition) is 1. The van der Waals surface area contributed by atoms with Crippen molar-refractivity contribution in [1.29, 1.82) is 0 Å². The summed E-state index contributed by atoms with van der Waals surface area (Å²) in [7, 11) is 0. The first-order chi connectivity index (χ1) is 16.6. The van der Waals surface area contributed by atoms with Gasteiger partial charge in [0.2, 0.25) is 0 Å². The Bertz CT molecular complexity index is 1370. The molecule has 1 atom stereocenters. The Labute approximate surface area is 208 Å². The number of amides is 2. The molecule has 34 heavy (non-hydrogen) atoms. The average molecular weight is 488 g/mol. The van der Waals surface area contributed by atoms with Gasteiger partial charge in [0.05, 0.1) is 18.3 Å². The molecule has 0 radical (unpaired) electrons. The molecule has 0 bridgehead atoms. The number of urea groups is 1. The molecule has 2 aromatic carbocycles. The average Bonchev–Trinajstić information content (AvgIpc) is 3.42. The van der Waals surface area contributed by atoms with E-state index in [1.54, 1.807) is 12.1 Å². The van der Waals surface area contributed by atoms with Gasteiger partial charge in [0.25, 0.3) is 0 Å². The Balaban J connectivity index is 1.50. The summed E-state index contributed by atoms with van der Waals surface area (Å²) >= 11 is 7.97. The predicted molar refractivity (Wildman–Crippen MR) is 139 cm³/mol. The van der Waals surface area contributed by atoms with Gasteiger partial charge in [-0.3, -0.25) is 0 Å². The fraction of sp³-hybridized carbons (Fsp3) is 0.250. The molecule has 2 aliphatic rings. The molecule has 0 spiro atoms. The summed E-state index contributed by atoms with van der Waals surface area (Å²) in [6.07, 6.45) is 6.85. The molecule has 4 nitrogen and oxygen atoms in total. The Morgan fingerprint density at radius 2 is 1.85 bits per heavy atom. The quantitative estimate of drug-likeness (QED) is 0.312. The fourth-order valence-electron chi connectivity index (χ4n) is 5.31. The predicted octanol–water partition coefficient (Wildman–Crippen LogP) is 7.52. The van der Waals surface area contributed by atoms with Crippen molar-refractivity contribution in [3.63, 3.8) is 0 Å². The molecule has 6 heteroatoms. The lowest BCUT2D eigenvalue weighted by atomic mass is 9.95. The van der Waals surface area contributed by atoms with E-state index in [9.17, 15) is 4.79 Å². The van der Waals surface area contributed by atoms with Gasteiger partial charge in [0.15, 0.2) is 0 Å². The number of rotatable bonds is 2. The number of halogens is 1. The van der Waals surface area contributed by atoms with Gasteiger partial charge < -0.3 is 14.8 Å². The van der Waals surface area contributed by atoms with Gasteiger partial charge in [-0.25, -0.2) is 4.79 Å². The van der Waals surface area contributed by atoms with Crippen LogP contribution in [0, 0.1) is 6.92 Å². The summed E-state index contributed by atoms with van der Waals surface area (Å²) in [4.78, 5) is 17.4. The molecular weight excluding hydrogens is 462 g/mol. The van der Waals surface area contributed by atoms with Crippen LogP contribution < -0.4 is 5.32 Å². The normalized spacial score (nSPS) is 16.9. The van der Waals surface area contributed by atoms with E-state index in [2.05, 4.69) is 59.4 Å². The monoisotopic (exact) mass is 487 g/mol. The molecule has 0 fully saturated rings. The first-order valence-electron chi connectivity index (χ1n) is 11.8. The van der Waals surface area contributed by atoms with Crippen LogP contribution in [0.15, 0.2) is 66.9 Å². The number of anilines is 1. The first kappa shape index (κ1) is 21.5. The van der Waals surface area contributed by atoms with E-state index in [-0.39, 0.29) is 12.1 Å². The first-order valence-corrected chi connectivity index (χ1v) is 13.0. The molecule has 2 amide bonds. The van der Waals surface area contributed by atoms with Crippen molar-refractivity contribution >= 4 is 34.7 Å². The molecule has 172 valence electrons. The Hall–Kier alpha value is -3.02. The minimum absolute atomic E-state index is 0.106. The number of aryl methyl sites for hydroxylation is 2. The summed E-state index contributed by atoms with van der Waals surface area (Å²) < 4.78 is 2.32. The van der Waals surface area contributed by atoms with Crippen LogP contribution in [0.25, 0.3) is 5.00 Å². The number of benzene rings is 2. The van der Waals surface area contributed by atoms with Gasteiger partial charge in [-0.15, -0.1) is 11.3 Å². The zero-order valence-electron chi connectivity index (χ0n) is 19.1. The molecule has 2 aromatic heterocycles. The lowest BCUT2D eigenvalue weighted by Gasteiger charge is -2.31. The van der Waals surface area contributed by atoms with E-state index in [4.69, 9.17) is 11.6 Å². The van der Waals surface area contributed by atoms with E-state index in [1.807, 2.05) is 28.4 Å². The van der Waals surface area contributed by atoms with Gasteiger partial charge in [-0.2, -0.15) is 0 Å². The highest BCUT2D eigenvalue weighted by molar-refractivity contribution is 7.15. The van der Waals surface area contributed by atoms with Crippen molar-refractivity contribution in [3.8, 4) is 5.00 Å². The van der Waals surface area contributed by atoms with Crippen molar-refractivity contribution in [2.24, 2.45) is 0 Å². The molecule has 0 saturated carbocycles. The molecule has 1 aliphatic carbocycles. The molecule has 3 heterocycles. The zero-order valence-corrected chi connectivity index (χ0v) is 20.6. The van der Waals surface area contributed by atoms with E-state index in [1.165, 1.54) is 39.4 Å². The van der Waals surface area contributed by atoms with Gasteiger partial charge in [0, 0.05) is 27.3 Å². The molecule has 0 saturated heterocycles. The largest absolute Gasteiger partial charge is 0.322 e. The molecular formula is C28H26ClN3OS. The van der Waals surface area contributed by atoms with E-state index in [0.29, 0.717) is 11.6 Å². The summed E-state index contributed by atoms with van der Waals surface area (Å²) in [6.45, 7) is 2.69. The number of hydrogen-bond acceptors (Lipinski definition) is 2. The van der Waals surface area contributed by atoms with Crippen LogP contribution in [0.2, 0.25) is 5.02 Å². The summed E-state index contributed by atoms with van der Waals surface area (Å²) in [5.74, 6) is 0. The van der Waals surface area contributed by atoms with Crippen LogP contribution in [0.3, 0.4) is 0 Å².